The van der Waals surface area contributed by atoms with Crippen LogP contribution in [0.25, 0.3) is 11.1 Å². The van der Waals surface area contributed by atoms with Gasteiger partial charge in [-0.3, -0.25) is 0 Å². The van der Waals surface area contributed by atoms with E-state index in [0.717, 1.165) is 12.0 Å². The van der Waals surface area contributed by atoms with Gasteiger partial charge in [-0.05, 0) is 23.1 Å². The summed E-state index contributed by atoms with van der Waals surface area (Å²) in [5.74, 6) is 0. The number of ether oxygens (including phenoxy) is 1. The highest BCUT2D eigenvalue weighted by Crippen LogP contribution is 2.31. The molecule has 1 atom stereocenters. The third kappa shape index (κ3) is 2.56. The lowest BCUT2D eigenvalue weighted by Crippen LogP contribution is -2.01. The zero-order chi connectivity index (χ0) is 16.4. The van der Waals surface area contributed by atoms with Gasteiger partial charge in [0.05, 0.1) is 13.0 Å². The molecule has 1 heteroatoms. The molecule has 0 saturated carbocycles. The maximum atomic E-state index is 8.11. The van der Waals surface area contributed by atoms with Crippen LogP contribution >= 0.6 is 0 Å². The highest BCUT2D eigenvalue weighted by molar-refractivity contribution is 5.67. The Morgan fingerprint density at radius 1 is 1.18 bits per heavy atom. The third-order valence-electron chi connectivity index (χ3n) is 2.73. The molecule has 0 amide bonds. The molecule has 0 aliphatic rings. The number of rotatable bonds is 4. The van der Waals surface area contributed by atoms with Gasteiger partial charge in [-0.25, -0.2) is 0 Å². The molecule has 88 valence electrons. The van der Waals surface area contributed by atoms with Gasteiger partial charge in [-0.15, -0.1) is 0 Å². The summed E-state index contributed by atoms with van der Waals surface area (Å²) in [6.45, 7) is 1.98. The number of methoxy groups -OCH3 is 1. The van der Waals surface area contributed by atoms with E-state index in [4.69, 9.17) is 11.6 Å². The van der Waals surface area contributed by atoms with Crippen molar-refractivity contribution in [2.45, 2.75) is 19.4 Å². The van der Waals surface area contributed by atoms with Crippen molar-refractivity contribution >= 4 is 0 Å². The molecule has 0 heterocycles. The smallest absolute Gasteiger partial charge is 0.0824 e. The van der Waals surface area contributed by atoms with Crippen LogP contribution < -0.4 is 0 Å². The Hall–Kier alpha value is -1.60. The molecule has 2 rings (SSSR count). The fourth-order valence-corrected chi connectivity index (χ4v) is 1.90. The highest BCUT2D eigenvalue weighted by atomic mass is 16.5. The van der Waals surface area contributed by atoms with Gasteiger partial charge in [0.15, 0.2) is 0 Å². The molecule has 1 nitrogen and oxygen atoms in total. The quantitative estimate of drug-likeness (QED) is 0.755. The molecule has 0 spiro atoms. The van der Waals surface area contributed by atoms with E-state index in [2.05, 4.69) is 0 Å². The van der Waals surface area contributed by atoms with Crippen molar-refractivity contribution in [1.82, 2.24) is 0 Å². The van der Waals surface area contributed by atoms with Gasteiger partial charge in [0.25, 0.3) is 0 Å². The van der Waals surface area contributed by atoms with E-state index in [0.29, 0.717) is 5.56 Å². The van der Waals surface area contributed by atoms with Crippen LogP contribution in [0.4, 0.5) is 0 Å². The number of hydrogen-bond acceptors (Lipinski definition) is 1. The van der Waals surface area contributed by atoms with Crippen LogP contribution in [0.3, 0.4) is 0 Å². The lowest BCUT2D eigenvalue weighted by molar-refractivity contribution is 0.100. The van der Waals surface area contributed by atoms with E-state index < -0.39 is 0 Å². The first-order valence-electron chi connectivity index (χ1n) is 8.13. The molecule has 17 heavy (non-hydrogen) atoms. The van der Waals surface area contributed by atoms with Gasteiger partial charge in [-0.2, -0.15) is 0 Å². The average molecular weight is 231 g/mol. The van der Waals surface area contributed by atoms with Gasteiger partial charge >= 0.3 is 0 Å². The SMILES string of the molecule is [2H]c1c([2H])c([2H])c(-c2ccccc2[C@@H](CC)OC)c([2H])c1[2H]. The largest absolute Gasteiger partial charge is 0.377 e. The average Bonchev–Trinajstić information content (AvgIpc) is 2.54. The van der Waals surface area contributed by atoms with Crippen molar-refractivity contribution in [3.63, 3.8) is 0 Å². The molecule has 0 aliphatic carbocycles. The van der Waals surface area contributed by atoms with E-state index >= 15 is 0 Å². The monoisotopic (exact) mass is 231 g/mol. The molecule has 0 fully saturated rings. The van der Waals surface area contributed by atoms with E-state index in [9.17, 15) is 0 Å². The van der Waals surface area contributed by atoms with Crippen LogP contribution in [0.1, 0.15) is 31.9 Å². The molecule has 0 aliphatic heterocycles. The summed E-state index contributed by atoms with van der Waals surface area (Å²) in [5.41, 5.74) is 1.66. The first-order chi connectivity index (χ1) is 10.4. The molecule has 0 bridgehead atoms. The lowest BCUT2D eigenvalue weighted by atomic mass is 9.95. The topological polar surface area (TPSA) is 9.23 Å². The van der Waals surface area contributed by atoms with Crippen LogP contribution in [0.15, 0.2) is 54.5 Å². The molecule has 2 aromatic rings. The van der Waals surface area contributed by atoms with Gasteiger partial charge in [0.1, 0.15) is 0 Å². The van der Waals surface area contributed by atoms with Gasteiger partial charge < -0.3 is 4.74 Å². The number of benzene rings is 2. The Balaban J connectivity index is 2.79. The van der Waals surface area contributed by atoms with Gasteiger partial charge in [0, 0.05) is 7.11 Å². The van der Waals surface area contributed by atoms with Crippen molar-refractivity contribution in [3.8, 4) is 11.1 Å². The van der Waals surface area contributed by atoms with E-state index in [1.807, 2.05) is 19.1 Å². The van der Waals surface area contributed by atoms with Crippen LogP contribution in [0.2, 0.25) is 0 Å². The molecule has 0 radical (unpaired) electrons. The molecular weight excluding hydrogens is 208 g/mol. The summed E-state index contributed by atoms with van der Waals surface area (Å²) in [4.78, 5) is 0. The predicted molar refractivity (Wildman–Crippen MR) is 71.9 cm³/mol. The maximum Gasteiger partial charge on any atom is 0.0824 e. The molecule has 0 aromatic heterocycles. The second-order valence-corrected chi connectivity index (χ2v) is 3.72. The van der Waals surface area contributed by atoms with Gasteiger partial charge in [-0.1, -0.05) is 61.4 Å². The minimum Gasteiger partial charge on any atom is -0.377 e. The second kappa shape index (κ2) is 5.65. The fraction of sp³-hybridized carbons (Fsp3) is 0.250. The van der Waals surface area contributed by atoms with E-state index in [1.165, 1.54) is 0 Å². The van der Waals surface area contributed by atoms with Crippen molar-refractivity contribution in [3.05, 3.63) is 60.0 Å². The molecule has 0 saturated heterocycles. The Labute approximate surface area is 110 Å². The van der Waals surface area contributed by atoms with E-state index in [1.54, 1.807) is 19.2 Å². The summed E-state index contributed by atoms with van der Waals surface area (Å²) < 4.78 is 45.0. The summed E-state index contributed by atoms with van der Waals surface area (Å²) >= 11 is 0. The zero-order valence-electron chi connectivity index (χ0n) is 15.0. The first kappa shape index (κ1) is 6.97. The second-order valence-electron chi connectivity index (χ2n) is 3.72. The third-order valence-corrected chi connectivity index (χ3v) is 2.73. The van der Waals surface area contributed by atoms with Crippen molar-refractivity contribution in [2.24, 2.45) is 0 Å². The lowest BCUT2D eigenvalue weighted by Gasteiger charge is -2.17. The van der Waals surface area contributed by atoms with Crippen LogP contribution in [-0.4, -0.2) is 7.11 Å². The minimum atomic E-state index is -0.380. The van der Waals surface area contributed by atoms with Crippen molar-refractivity contribution in [1.29, 1.82) is 0 Å². The summed E-state index contributed by atoms with van der Waals surface area (Å²) in [6, 6.07) is 5.88. The molecule has 0 unspecified atom stereocenters. The summed E-state index contributed by atoms with van der Waals surface area (Å²) in [5, 5.41) is 0. The van der Waals surface area contributed by atoms with Crippen LogP contribution in [0, 0.1) is 0 Å². The van der Waals surface area contributed by atoms with Crippen LogP contribution in [0.5, 0.6) is 0 Å². The molecular formula is C16H18O. The Bertz CT molecular complexity index is 666. The Kier molecular flexibility index (Phi) is 2.32. The Morgan fingerprint density at radius 2 is 1.88 bits per heavy atom. The van der Waals surface area contributed by atoms with Gasteiger partial charge in [0.2, 0.25) is 0 Å². The molecule has 2 aromatic carbocycles. The fourth-order valence-electron chi connectivity index (χ4n) is 1.90. The minimum absolute atomic E-state index is 0.186. The Morgan fingerprint density at radius 3 is 2.53 bits per heavy atom. The predicted octanol–water partition coefficient (Wildman–Crippen LogP) is 4.45. The number of hydrogen-bond donors (Lipinski definition) is 0. The van der Waals surface area contributed by atoms with Crippen molar-refractivity contribution < 1.29 is 11.6 Å². The standard InChI is InChI=1S/C16H18O/c1-3-16(17-2)15-12-8-7-11-14(15)13-9-5-4-6-10-13/h4-12,16H,3H2,1-2H3/t16-/m1/s1/i4D,5D,6D,9D,10D. The summed E-state index contributed by atoms with van der Waals surface area (Å²) in [6.07, 6.45) is 0.542. The van der Waals surface area contributed by atoms with Crippen LogP contribution in [-0.2, 0) is 4.74 Å². The first-order valence-corrected chi connectivity index (χ1v) is 5.63. The highest BCUT2D eigenvalue weighted by Gasteiger charge is 2.12. The normalized spacial score (nSPS) is 16.5. The molecule has 0 N–H and O–H groups in total. The zero-order valence-corrected chi connectivity index (χ0v) is 10.0. The van der Waals surface area contributed by atoms with Crippen molar-refractivity contribution in [2.75, 3.05) is 7.11 Å². The summed E-state index contributed by atoms with van der Waals surface area (Å²) in [7, 11) is 1.60. The van der Waals surface area contributed by atoms with E-state index in [-0.39, 0.29) is 41.9 Å². The maximum absolute atomic E-state index is 8.11.